The van der Waals surface area contributed by atoms with Gasteiger partial charge < -0.3 is 15.2 Å². The molecule has 0 radical (unpaired) electrons. The molecule has 2 saturated heterocycles. The molecule has 3 rings (SSSR count). The third kappa shape index (κ3) is 2.68. The molecule has 2 N–H and O–H groups in total. The van der Waals surface area contributed by atoms with Crippen molar-refractivity contribution in [3.63, 3.8) is 0 Å². The van der Waals surface area contributed by atoms with Crippen LogP contribution in [0.15, 0.2) is 18.2 Å². The number of nitrogens with zero attached hydrogens (tertiary/aromatic N) is 1. The van der Waals surface area contributed by atoms with Crippen molar-refractivity contribution in [3.05, 3.63) is 35.1 Å². The number of morpholine rings is 1. The number of halogens is 1. The van der Waals surface area contributed by atoms with E-state index in [1.165, 1.54) is 12.1 Å². The highest BCUT2D eigenvalue weighted by Gasteiger charge is 2.41. The molecule has 2 atom stereocenters. The van der Waals surface area contributed by atoms with Crippen LogP contribution in [0.3, 0.4) is 0 Å². The number of nitriles is 1. The predicted molar refractivity (Wildman–Crippen MR) is 70.5 cm³/mol. The highest BCUT2D eigenvalue weighted by molar-refractivity contribution is 5.39. The van der Waals surface area contributed by atoms with Crippen LogP contribution in [0, 0.1) is 17.1 Å². The summed E-state index contributed by atoms with van der Waals surface area (Å²) in [5.74, 6) is -0.423. The second-order valence-corrected chi connectivity index (χ2v) is 5.82. The van der Waals surface area contributed by atoms with E-state index in [2.05, 4.69) is 5.32 Å². The molecule has 106 valence electrons. The Bertz CT molecular complexity index is 543. The average Bonchev–Trinajstić information content (AvgIpc) is 2.40. The number of hydrogen-bond acceptors (Lipinski definition) is 4. The van der Waals surface area contributed by atoms with Crippen LogP contribution in [-0.4, -0.2) is 36.0 Å². The van der Waals surface area contributed by atoms with Crippen molar-refractivity contribution in [1.82, 2.24) is 5.32 Å². The van der Waals surface area contributed by atoms with Gasteiger partial charge in [0.05, 0.1) is 30.4 Å². The number of nitrogens with one attached hydrogen (secondary N) is 1. The van der Waals surface area contributed by atoms with Gasteiger partial charge in [0.1, 0.15) is 5.82 Å². The summed E-state index contributed by atoms with van der Waals surface area (Å²) in [6.45, 7) is 1.21. The summed E-state index contributed by atoms with van der Waals surface area (Å²) in [4.78, 5) is 0. The van der Waals surface area contributed by atoms with E-state index in [-0.39, 0.29) is 12.1 Å². The van der Waals surface area contributed by atoms with Crippen molar-refractivity contribution in [2.75, 3.05) is 13.2 Å². The second kappa shape index (κ2) is 5.13. The van der Waals surface area contributed by atoms with Gasteiger partial charge in [0, 0.05) is 18.5 Å². The molecule has 2 bridgehead atoms. The first-order valence-electron chi connectivity index (χ1n) is 6.83. The molecule has 0 aromatic heterocycles. The maximum Gasteiger partial charge on any atom is 0.124 e. The molecule has 2 fully saturated rings. The lowest BCUT2D eigenvalue weighted by molar-refractivity contribution is -0.0755. The Balaban J connectivity index is 1.82. The first-order valence-corrected chi connectivity index (χ1v) is 6.83. The fourth-order valence-corrected chi connectivity index (χ4v) is 3.32. The second-order valence-electron chi connectivity index (χ2n) is 5.82. The minimum Gasteiger partial charge on any atom is -0.389 e. The van der Waals surface area contributed by atoms with E-state index in [4.69, 9.17) is 10.00 Å². The first-order chi connectivity index (χ1) is 9.58. The van der Waals surface area contributed by atoms with E-state index in [9.17, 15) is 9.50 Å². The minimum atomic E-state index is -0.853. The zero-order valence-corrected chi connectivity index (χ0v) is 11.1. The quantitative estimate of drug-likeness (QED) is 0.849. The van der Waals surface area contributed by atoms with Crippen LogP contribution in [-0.2, 0) is 11.2 Å². The largest absolute Gasteiger partial charge is 0.389 e. The molecule has 2 aliphatic rings. The smallest absolute Gasteiger partial charge is 0.124 e. The molecule has 2 aliphatic heterocycles. The third-order valence-electron chi connectivity index (χ3n) is 4.07. The monoisotopic (exact) mass is 276 g/mol. The first kappa shape index (κ1) is 13.5. The van der Waals surface area contributed by atoms with Crippen molar-refractivity contribution in [2.45, 2.75) is 36.9 Å². The normalized spacial score (nSPS) is 32.6. The molecule has 5 heteroatoms. The van der Waals surface area contributed by atoms with Crippen LogP contribution < -0.4 is 5.32 Å². The van der Waals surface area contributed by atoms with E-state index in [1.807, 2.05) is 6.07 Å². The van der Waals surface area contributed by atoms with Gasteiger partial charge in [-0.1, -0.05) is 6.07 Å². The lowest BCUT2D eigenvalue weighted by Gasteiger charge is -2.45. The number of piperidine rings is 1. The molecule has 0 saturated carbocycles. The van der Waals surface area contributed by atoms with Gasteiger partial charge in [-0.25, -0.2) is 4.39 Å². The summed E-state index contributed by atoms with van der Waals surface area (Å²) >= 11 is 0. The Morgan fingerprint density at radius 3 is 2.75 bits per heavy atom. The Labute approximate surface area is 117 Å². The average molecular weight is 276 g/mol. The Morgan fingerprint density at radius 1 is 1.40 bits per heavy atom. The van der Waals surface area contributed by atoms with Crippen LogP contribution in [0.4, 0.5) is 4.39 Å². The summed E-state index contributed by atoms with van der Waals surface area (Å²) in [7, 11) is 0. The van der Waals surface area contributed by atoms with Crippen molar-refractivity contribution < 1.29 is 14.2 Å². The standard InChI is InChI=1S/C15H17FN2O2/c16-12-2-1-10(11(3-12)7-17)4-15(19)5-13-8-20-9-14(6-15)18-13/h1-3,13-14,18-19H,4-6,8-9H2. The SMILES string of the molecule is N#Cc1cc(F)ccc1CC1(O)CC2COCC(C1)N2. The summed E-state index contributed by atoms with van der Waals surface area (Å²) in [6, 6.07) is 6.47. The molecule has 0 spiro atoms. The molecule has 0 aliphatic carbocycles. The van der Waals surface area contributed by atoms with Gasteiger partial charge in [-0.05, 0) is 30.5 Å². The van der Waals surface area contributed by atoms with Gasteiger partial charge in [-0.3, -0.25) is 0 Å². The molecular weight excluding hydrogens is 259 g/mol. The summed E-state index contributed by atoms with van der Waals surface area (Å²) < 4.78 is 18.6. The van der Waals surface area contributed by atoms with E-state index < -0.39 is 11.4 Å². The van der Waals surface area contributed by atoms with Gasteiger partial charge in [0.2, 0.25) is 0 Å². The van der Waals surface area contributed by atoms with Crippen LogP contribution in [0.1, 0.15) is 24.0 Å². The zero-order valence-electron chi connectivity index (χ0n) is 11.1. The fraction of sp³-hybridized carbons (Fsp3) is 0.533. The van der Waals surface area contributed by atoms with Gasteiger partial charge in [0.15, 0.2) is 0 Å². The molecule has 4 nitrogen and oxygen atoms in total. The number of ether oxygens (including phenoxy) is 1. The summed E-state index contributed by atoms with van der Waals surface area (Å²) in [5.41, 5.74) is 0.156. The Morgan fingerprint density at radius 2 is 2.10 bits per heavy atom. The van der Waals surface area contributed by atoms with Crippen LogP contribution in [0.25, 0.3) is 0 Å². The number of fused-ring (bicyclic) bond motifs is 2. The predicted octanol–water partition coefficient (Wildman–Crippen LogP) is 1.12. The van der Waals surface area contributed by atoms with Gasteiger partial charge >= 0.3 is 0 Å². The number of hydrogen-bond donors (Lipinski definition) is 2. The van der Waals surface area contributed by atoms with Crippen molar-refractivity contribution in [1.29, 1.82) is 5.26 Å². The van der Waals surface area contributed by atoms with Gasteiger partial charge in [0.25, 0.3) is 0 Å². The molecular formula is C15H17FN2O2. The third-order valence-corrected chi connectivity index (χ3v) is 4.07. The Hall–Kier alpha value is -1.48. The summed E-state index contributed by atoms with van der Waals surface area (Å²) in [5, 5.41) is 23.3. The van der Waals surface area contributed by atoms with E-state index >= 15 is 0 Å². The fourth-order valence-electron chi connectivity index (χ4n) is 3.32. The zero-order chi connectivity index (χ0) is 14.2. The molecule has 1 aromatic rings. The molecule has 0 amide bonds. The number of rotatable bonds is 2. The number of benzene rings is 1. The van der Waals surface area contributed by atoms with Crippen molar-refractivity contribution in [3.8, 4) is 6.07 Å². The summed E-state index contributed by atoms with van der Waals surface area (Å²) in [6.07, 6.45) is 1.56. The molecule has 20 heavy (non-hydrogen) atoms. The van der Waals surface area contributed by atoms with E-state index in [0.29, 0.717) is 43.6 Å². The highest BCUT2D eigenvalue weighted by Crippen LogP contribution is 2.32. The molecule has 1 aromatic carbocycles. The maximum absolute atomic E-state index is 13.2. The maximum atomic E-state index is 13.2. The molecule has 2 unspecified atom stereocenters. The van der Waals surface area contributed by atoms with E-state index in [0.717, 1.165) is 0 Å². The topological polar surface area (TPSA) is 65.3 Å². The van der Waals surface area contributed by atoms with Gasteiger partial charge in [-0.2, -0.15) is 5.26 Å². The Kier molecular flexibility index (Phi) is 3.47. The lowest BCUT2D eigenvalue weighted by Crippen LogP contribution is -2.60. The van der Waals surface area contributed by atoms with Gasteiger partial charge in [-0.15, -0.1) is 0 Å². The highest BCUT2D eigenvalue weighted by atomic mass is 19.1. The van der Waals surface area contributed by atoms with E-state index in [1.54, 1.807) is 6.07 Å². The van der Waals surface area contributed by atoms with Crippen LogP contribution in [0.2, 0.25) is 0 Å². The minimum absolute atomic E-state index is 0.151. The van der Waals surface area contributed by atoms with Crippen molar-refractivity contribution in [2.24, 2.45) is 0 Å². The van der Waals surface area contributed by atoms with Crippen molar-refractivity contribution >= 4 is 0 Å². The molecule has 2 heterocycles. The lowest BCUT2D eigenvalue weighted by atomic mass is 9.78. The number of aliphatic hydroxyl groups is 1. The van der Waals surface area contributed by atoms with Crippen LogP contribution in [0.5, 0.6) is 0 Å². The van der Waals surface area contributed by atoms with Crippen LogP contribution >= 0.6 is 0 Å².